The highest BCUT2D eigenvalue weighted by Crippen LogP contribution is 2.21. The largest absolute Gasteiger partial charge is 0.395 e. The van der Waals surface area contributed by atoms with Crippen LogP contribution in [0.15, 0.2) is 0 Å². The van der Waals surface area contributed by atoms with Crippen molar-refractivity contribution in [2.75, 3.05) is 26.3 Å². The Morgan fingerprint density at radius 2 is 1.85 bits per heavy atom. The fourth-order valence-corrected chi connectivity index (χ4v) is 2.17. The van der Waals surface area contributed by atoms with Gasteiger partial charge < -0.3 is 5.11 Å². The topological polar surface area (TPSA) is 43.4 Å². The van der Waals surface area contributed by atoms with Crippen molar-refractivity contribution in [2.24, 2.45) is 0 Å². The zero-order chi connectivity index (χ0) is 9.52. The molecule has 13 heavy (non-hydrogen) atoms. The molecule has 1 N–H and O–H groups in total. The van der Waals surface area contributed by atoms with E-state index in [1.165, 1.54) is 32.1 Å². The van der Waals surface area contributed by atoms with Crippen LogP contribution in [0, 0.1) is 0 Å². The van der Waals surface area contributed by atoms with Gasteiger partial charge in [0.05, 0.1) is 13.2 Å². The molecule has 3 heteroatoms. The third kappa shape index (κ3) is 3.63. The van der Waals surface area contributed by atoms with E-state index in [0.29, 0.717) is 19.1 Å². The number of aliphatic hydroxyl groups is 1. The summed E-state index contributed by atoms with van der Waals surface area (Å²) < 4.78 is 0. The van der Waals surface area contributed by atoms with Crippen molar-refractivity contribution in [1.29, 1.82) is 0 Å². The van der Waals surface area contributed by atoms with E-state index >= 15 is 0 Å². The minimum absolute atomic E-state index is 0.0451. The Morgan fingerprint density at radius 1 is 1.15 bits per heavy atom. The third-order valence-electron chi connectivity index (χ3n) is 2.86. The Hall–Kier alpha value is -0.120. The molecule has 1 aliphatic rings. The molecule has 1 saturated carbocycles. The standard InChI is InChI=1S/C10H20NO2/c12-8-6-11(7-9-13)10-4-2-1-3-5-10/h10,12H,1-9H2. The predicted octanol–water partition coefficient (Wildman–Crippen LogP) is 1.04. The molecule has 0 bridgehead atoms. The third-order valence-corrected chi connectivity index (χ3v) is 2.86. The maximum Gasteiger partial charge on any atom is 0.0949 e. The molecule has 0 saturated heterocycles. The summed E-state index contributed by atoms with van der Waals surface area (Å²) in [5, 5.41) is 19.4. The van der Waals surface area contributed by atoms with Crippen LogP contribution in [0.25, 0.3) is 0 Å². The Morgan fingerprint density at radius 3 is 2.38 bits per heavy atom. The van der Waals surface area contributed by atoms with Gasteiger partial charge in [-0.25, -0.2) is 5.11 Å². The number of aliphatic hydroxyl groups excluding tert-OH is 1. The first-order chi connectivity index (χ1) is 6.38. The van der Waals surface area contributed by atoms with Gasteiger partial charge in [-0.05, 0) is 12.8 Å². The molecule has 0 spiro atoms. The predicted molar refractivity (Wildman–Crippen MR) is 51.1 cm³/mol. The van der Waals surface area contributed by atoms with E-state index in [9.17, 15) is 5.11 Å². The lowest BCUT2D eigenvalue weighted by molar-refractivity contribution is 0.0807. The molecular formula is C10H20NO2. The molecule has 3 nitrogen and oxygen atoms in total. The molecule has 0 heterocycles. The van der Waals surface area contributed by atoms with Crippen molar-refractivity contribution in [3.05, 3.63) is 0 Å². The first-order valence-electron chi connectivity index (χ1n) is 5.31. The molecule has 0 amide bonds. The monoisotopic (exact) mass is 186 g/mol. The average molecular weight is 186 g/mol. The summed E-state index contributed by atoms with van der Waals surface area (Å²) in [5.74, 6) is 0. The van der Waals surface area contributed by atoms with E-state index in [-0.39, 0.29) is 13.2 Å². The second-order valence-electron chi connectivity index (χ2n) is 3.76. The van der Waals surface area contributed by atoms with E-state index < -0.39 is 0 Å². The molecule has 77 valence electrons. The summed E-state index contributed by atoms with van der Waals surface area (Å²) >= 11 is 0. The van der Waals surface area contributed by atoms with Crippen molar-refractivity contribution in [2.45, 2.75) is 38.1 Å². The van der Waals surface area contributed by atoms with Gasteiger partial charge in [-0.1, -0.05) is 19.3 Å². The normalized spacial score (nSPS) is 19.6. The van der Waals surface area contributed by atoms with E-state index in [2.05, 4.69) is 4.90 Å². The van der Waals surface area contributed by atoms with Crippen molar-refractivity contribution in [3.8, 4) is 0 Å². The van der Waals surface area contributed by atoms with Gasteiger partial charge in [-0.2, -0.15) is 0 Å². The highest BCUT2D eigenvalue weighted by molar-refractivity contribution is 4.75. The number of hydrogen-bond donors (Lipinski definition) is 1. The lowest BCUT2D eigenvalue weighted by Crippen LogP contribution is -2.40. The second kappa shape index (κ2) is 6.35. The Labute approximate surface area is 80.4 Å². The van der Waals surface area contributed by atoms with Gasteiger partial charge in [-0.3, -0.25) is 4.90 Å². The molecule has 1 rings (SSSR count). The smallest absolute Gasteiger partial charge is 0.0949 e. The van der Waals surface area contributed by atoms with Crippen LogP contribution >= 0.6 is 0 Å². The van der Waals surface area contributed by atoms with Crippen molar-refractivity contribution in [3.63, 3.8) is 0 Å². The molecule has 0 aromatic rings. The first-order valence-corrected chi connectivity index (χ1v) is 5.31. The molecule has 1 radical (unpaired) electrons. The average Bonchev–Trinajstić information content (AvgIpc) is 2.19. The molecule has 1 aliphatic carbocycles. The number of hydrogen-bond acceptors (Lipinski definition) is 2. The quantitative estimate of drug-likeness (QED) is 0.697. The lowest BCUT2D eigenvalue weighted by Gasteiger charge is -2.33. The van der Waals surface area contributed by atoms with Gasteiger partial charge in [-0.15, -0.1) is 0 Å². The van der Waals surface area contributed by atoms with Gasteiger partial charge in [0.1, 0.15) is 0 Å². The van der Waals surface area contributed by atoms with Crippen molar-refractivity contribution < 1.29 is 10.2 Å². The number of rotatable bonds is 5. The Kier molecular flexibility index (Phi) is 5.35. The summed E-state index contributed by atoms with van der Waals surface area (Å²) in [6, 6.07) is 0.565. The Bertz CT molecular complexity index is 118. The van der Waals surface area contributed by atoms with Gasteiger partial charge in [0.15, 0.2) is 0 Å². The van der Waals surface area contributed by atoms with Crippen LogP contribution < -0.4 is 0 Å². The SMILES string of the molecule is [O]CCN(CCO)C1CCCCC1. The van der Waals surface area contributed by atoms with Crippen LogP contribution in [0.4, 0.5) is 0 Å². The molecule has 0 atom stereocenters. The van der Waals surface area contributed by atoms with Crippen LogP contribution in [0.3, 0.4) is 0 Å². The summed E-state index contributed by atoms with van der Waals surface area (Å²) in [6.07, 6.45) is 6.32. The lowest BCUT2D eigenvalue weighted by atomic mass is 9.94. The van der Waals surface area contributed by atoms with Crippen LogP contribution in [0.5, 0.6) is 0 Å². The molecule has 0 aromatic heterocycles. The summed E-state index contributed by atoms with van der Waals surface area (Å²) in [5.41, 5.74) is 0. The van der Waals surface area contributed by atoms with Gasteiger partial charge >= 0.3 is 0 Å². The van der Waals surface area contributed by atoms with E-state index in [0.717, 1.165) is 0 Å². The zero-order valence-corrected chi connectivity index (χ0v) is 8.24. The minimum Gasteiger partial charge on any atom is -0.395 e. The molecule has 1 fully saturated rings. The van der Waals surface area contributed by atoms with Gasteiger partial charge in [0.25, 0.3) is 0 Å². The van der Waals surface area contributed by atoms with Crippen molar-refractivity contribution >= 4 is 0 Å². The Balaban J connectivity index is 2.32. The molecule has 0 aromatic carbocycles. The molecular weight excluding hydrogens is 166 g/mol. The van der Waals surface area contributed by atoms with E-state index in [1.807, 2.05) is 0 Å². The number of nitrogens with zero attached hydrogens (tertiary/aromatic N) is 1. The maximum atomic E-state index is 10.5. The highest BCUT2D eigenvalue weighted by atomic mass is 16.3. The van der Waals surface area contributed by atoms with E-state index in [1.54, 1.807) is 0 Å². The highest BCUT2D eigenvalue weighted by Gasteiger charge is 2.19. The summed E-state index contributed by atoms with van der Waals surface area (Å²) in [7, 11) is 0. The summed E-state index contributed by atoms with van der Waals surface area (Å²) in [6.45, 7) is 1.41. The second-order valence-corrected chi connectivity index (χ2v) is 3.76. The molecule has 0 unspecified atom stereocenters. The van der Waals surface area contributed by atoms with Crippen molar-refractivity contribution in [1.82, 2.24) is 4.90 Å². The maximum absolute atomic E-state index is 10.5. The van der Waals surface area contributed by atoms with Crippen LogP contribution in [0.2, 0.25) is 0 Å². The van der Waals surface area contributed by atoms with E-state index in [4.69, 9.17) is 5.11 Å². The van der Waals surface area contributed by atoms with Gasteiger partial charge in [0.2, 0.25) is 0 Å². The van der Waals surface area contributed by atoms with Crippen LogP contribution in [0.1, 0.15) is 32.1 Å². The van der Waals surface area contributed by atoms with Gasteiger partial charge in [0, 0.05) is 19.1 Å². The van der Waals surface area contributed by atoms with Crippen LogP contribution in [-0.2, 0) is 5.11 Å². The summed E-state index contributed by atoms with van der Waals surface area (Å²) in [4.78, 5) is 2.16. The first kappa shape index (κ1) is 11.0. The van der Waals surface area contributed by atoms with Crippen LogP contribution in [-0.4, -0.2) is 42.4 Å². The minimum atomic E-state index is -0.0451. The fraction of sp³-hybridized carbons (Fsp3) is 1.00. The zero-order valence-electron chi connectivity index (χ0n) is 8.24. The fourth-order valence-electron chi connectivity index (χ4n) is 2.17. The molecule has 0 aliphatic heterocycles.